The molecule has 0 bridgehead atoms. The lowest BCUT2D eigenvalue weighted by Gasteiger charge is -2.30. The Balaban J connectivity index is 1.88. The van der Waals surface area contributed by atoms with Gasteiger partial charge in [-0.2, -0.15) is 0 Å². The molecule has 0 aliphatic carbocycles. The fourth-order valence-corrected chi connectivity index (χ4v) is 2.24. The number of carbonyl (C=O) groups is 1. The van der Waals surface area contributed by atoms with Crippen molar-refractivity contribution in [1.82, 2.24) is 10.6 Å². The van der Waals surface area contributed by atoms with Crippen molar-refractivity contribution in [2.24, 2.45) is 0 Å². The number of amides is 1. The van der Waals surface area contributed by atoms with Crippen LogP contribution in [0.25, 0.3) is 0 Å². The summed E-state index contributed by atoms with van der Waals surface area (Å²) in [5.41, 5.74) is 1.34. The Labute approximate surface area is 96.2 Å². The molecule has 3 nitrogen and oxygen atoms in total. The van der Waals surface area contributed by atoms with E-state index in [9.17, 15) is 4.79 Å². The van der Waals surface area contributed by atoms with Crippen molar-refractivity contribution in [2.75, 3.05) is 6.54 Å². The summed E-state index contributed by atoms with van der Waals surface area (Å²) in [4.78, 5) is 10.9. The van der Waals surface area contributed by atoms with Crippen molar-refractivity contribution in [3.05, 3.63) is 35.9 Å². The first-order chi connectivity index (χ1) is 7.75. The number of piperidine rings is 1. The Morgan fingerprint density at radius 1 is 1.31 bits per heavy atom. The lowest BCUT2D eigenvalue weighted by Crippen LogP contribution is -2.46. The van der Waals surface area contributed by atoms with E-state index >= 15 is 0 Å². The van der Waals surface area contributed by atoms with Crippen LogP contribution in [0.15, 0.2) is 30.3 Å². The van der Waals surface area contributed by atoms with Crippen LogP contribution in [0, 0.1) is 0 Å². The van der Waals surface area contributed by atoms with Crippen LogP contribution in [-0.2, 0) is 4.79 Å². The van der Waals surface area contributed by atoms with Gasteiger partial charge in [-0.15, -0.1) is 0 Å². The second-order valence-electron chi connectivity index (χ2n) is 4.35. The molecule has 1 amide bonds. The highest BCUT2D eigenvalue weighted by Gasteiger charge is 2.21. The summed E-state index contributed by atoms with van der Waals surface area (Å²) in [7, 11) is 0. The molecule has 1 aliphatic rings. The van der Waals surface area contributed by atoms with Crippen LogP contribution < -0.4 is 10.6 Å². The molecule has 2 atom stereocenters. The number of hydrogen-bond acceptors (Lipinski definition) is 2. The van der Waals surface area contributed by atoms with Gasteiger partial charge in [0.2, 0.25) is 5.91 Å². The maximum Gasteiger partial charge on any atom is 0.217 e. The minimum absolute atomic E-state index is 0.0601. The number of hydrogen-bond donors (Lipinski definition) is 2. The zero-order valence-electron chi connectivity index (χ0n) is 9.57. The van der Waals surface area contributed by atoms with Crippen molar-refractivity contribution in [2.45, 2.75) is 31.8 Å². The number of rotatable bonds is 2. The van der Waals surface area contributed by atoms with Crippen molar-refractivity contribution in [3.8, 4) is 0 Å². The third kappa shape index (κ3) is 2.83. The van der Waals surface area contributed by atoms with Crippen LogP contribution in [0.3, 0.4) is 0 Å². The third-order valence-corrected chi connectivity index (χ3v) is 3.02. The van der Waals surface area contributed by atoms with Crippen molar-refractivity contribution >= 4 is 5.91 Å². The largest absolute Gasteiger partial charge is 0.352 e. The van der Waals surface area contributed by atoms with Gasteiger partial charge in [-0.1, -0.05) is 30.3 Å². The standard InChI is InChI=1S/C13H18N2O/c1-10(16)15-12-7-8-13(14-9-12)11-5-3-2-4-6-11/h2-6,12-14H,7-9H2,1H3,(H,15,16)/t12-,13-/m0/s1. The van der Waals surface area contributed by atoms with Gasteiger partial charge in [-0.25, -0.2) is 0 Å². The van der Waals surface area contributed by atoms with Gasteiger partial charge >= 0.3 is 0 Å². The number of benzene rings is 1. The Kier molecular flexibility index (Phi) is 3.57. The van der Waals surface area contributed by atoms with Gasteiger partial charge in [-0.3, -0.25) is 4.79 Å². The molecule has 1 aliphatic heterocycles. The molecule has 1 aromatic carbocycles. The van der Waals surface area contributed by atoms with Gasteiger partial charge in [0.15, 0.2) is 0 Å². The zero-order chi connectivity index (χ0) is 11.4. The fraction of sp³-hybridized carbons (Fsp3) is 0.462. The Hall–Kier alpha value is -1.35. The van der Waals surface area contributed by atoms with Gasteiger partial charge in [0.05, 0.1) is 0 Å². The Morgan fingerprint density at radius 3 is 2.62 bits per heavy atom. The van der Waals surface area contributed by atoms with Gasteiger partial charge < -0.3 is 10.6 Å². The van der Waals surface area contributed by atoms with Gasteiger partial charge in [0, 0.05) is 25.6 Å². The Bertz CT molecular complexity index is 342. The van der Waals surface area contributed by atoms with E-state index < -0.39 is 0 Å². The molecule has 1 saturated heterocycles. The van der Waals surface area contributed by atoms with Gasteiger partial charge in [0.25, 0.3) is 0 Å². The van der Waals surface area contributed by atoms with Crippen LogP contribution in [0.2, 0.25) is 0 Å². The lowest BCUT2D eigenvalue weighted by atomic mass is 9.95. The molecule has 0 unspecified atom stereocenters. The lowest BCUT2D eigenvalue weighted by molar-refractivity contribution is -0.119. The quantitative estimate of drug-likeness (QED) is 0.792. The van der Waals surface area contributed by atoms with Crippen molar-refractivity contribution < 1.29 is 4.79 Å². The predicted octanol–water partition coefficient (Wildman–Crippen LogP) is 1.62. The summed E-state index contributed by atoms with van der Waals surface area (Å²) in [5.74, 6) is 0.0601. The predicted molar refractivity (Wildman–Crippen MR) is 64.0 cm³/mol. The van der Waals surface area contributed by atoms with E-state index in [0.29, 0.717) is 6.04 Å². The summed E-state index contributed by atoms with van der Waals surface area (Å²) in [6, 6.07) is 11.2. The molecule has 1 heterocycles. The highest BCUT2D eigenvalue weighted by atomic mass is 16.1. The average Bonchev–Trinajstić information content (AvgIpc) is 2.30. The monoisotopic (exact) mass is 218 g/mol. The van der Waals surface area contributed by atoms with E-state index in [1.54, 1.807) is 6.92 Å². The normalized spacial score (nSPS) is 25.1. The van der Waals surface area contributed by atoms with Crippen LogP contribution in [-0.4, -0.2) is 18.5 Å². The van der Waals surface area contributed by atoms with Gasteiger partial charge in [-0.05, 0) is 18.4 Å². The van der Waals surface area contributed by atoms with Crippen molar-refractivity contribution in [1.29, 1.82) is 0 Å². The van der Waals surface area contributed by atoms with E-state index in [-0.39, 0.29) is 11.9 Å². The van der Waals surface area contributed by atoms with E-state index in [1.807, 2.05) is 6.07 Å². The second kappa shape index (κ2) is 5.12. The first-order valence-electron chi connectivity index (χ1n) is 5.81. The van der Waals surface area contributed by atoms with E-state index in [2.05, 4.69) is 34.9 Å². The summed E-state index contributed by atoms with van der Waals surface area (Å²) in [5, 5.41) is 6.43. The fourth-order valence-electron chi connectivity index (χ4n) is 2.24. The first kappa shape index (κ1) is 11.1. The smallest absolute Gasteiger partial charge is 0.217 e. The molecule has 0 saturated carbocycles. The molecule has 1 aromatic rings. The maximum absolute atomic E-state index is 10.9. The summed E-state index contributed by atoms with van der Waals surface area (Å²) in [6.07, 6.45) is 2.13. The molecule has 3 heteroatoms. The molecule has 0 aromatic heterocycles. The maximum atomic E-state index is 10.9. The molecular formula is C13H18N2O. The molecular weight excluding hydrogens is 200 g/mol. The van der Waals surface area contributed by atoms with Crippen LogP contribution in [0.5, 0.6) is 0 Å². The Morgan fingerprint density at radius 2 is 2.06 bits per heavy atom. The van der Waals surface area contributed by atoms with Crippen LogP contribution in [0.4, 0.5) is 0 Å². The van der Waals surface area contributed by atoms with E-state index in [0.717, 1.165) is 19.4 Å². The van der Waals surface area contributed by atoms with Crippen molar-refractivity contribution in [3.63, 3.8) is 0 Å². The average molecular weight is 218 g/mol. The minimum atomic E-state index is 0.0601. The number of carbonyl (C=O) groups excluding carboxylic acids is 1. The van der Waals surface area contributed by atoms with Gasteiger partial charge in [0.1, 0.15) is 0 Å². The molecule has 86 valence electrons. The molecule has 2 rings (SSSR count). The highest BCUT2D eigenvalue weighted by Crippen LogP contribution is 2.22. The first-order valence-corrected chi connectivity index (χ1v) is 5.81. The molecule has 16 heavy (non-hydrogen) atoms. The minimum Gasteiger partial charge on any atom is -0.352 e. The molecule has 1 fully saturated rings. The second-order valence-corrected chi connectivity index (χ2v) is 4.35. The molecule has 0 radical (unpaired) electrons. The third-order valence-electron chi connectivity index (χ3n) is 3.02. The summed E-state index contributed by atoms with van der Waals surface area (Å²) < 4.78 is 0. The van der Waals surface area contributed by atoms with Crippen LogP contribution in [0.1, 0.15) is 31.4 Å². The van der Waals surface area contributed by atoms with Crippen LogP contribution >= 0.6 is 0 Å². The van der Waals surface area contributed by atoms with E-state index in [4.69, 9.17) is 0 Å². The number of nitrogens with one attached hydrogen (secondary N) is 2. The molecule has 2 N–H and O–H groups in total. The highest BCUT2D eigenvalue weighted by molar-refractivity contribution is 5.73. The summed E-state index contributed by atoms with van der Waals surface area (Å²) in [6.45, 7) is 2.43. The molecule has 0 spiro atoms. The summed E-state index contributed by atoms with van der Waals surface area (Å²) >= 11 is 0. The topological polar surface area (TPSA) is 41.1 Å². The zero-order valence-corrected chi connectivity index (χ0v) is 9.57. The van der Waals surface area contributed by atoms with E-state index in [1.165, 1.54) is 5.56 Å². The SMILES string of the molecule is CC(=O)N[C@H]1CC[C@@H](c2ccccc2)NC1.